The van der Waals surface area contributed by atoms with Gasteiger partial charge in [-0.05, 0) is 36.1 Å². The van der Waals surface area contributed by atoms with Crippen molar-refractivity contribution in [3.63, 3.8) is 0 Å². The number of aromatic nitrogens is 1. The van der Waals surface area contributed by atoms with Crippen LogP contribution in [0.4, 0.5) is 0 Å². The zero-order valence-electron chi connectivity index (χ0n) is 15.0. The summed E-state index contributed by atoms with van der Waals surface area (Å²) in [5.41, 5.74) is 3.88. The van der Waals surface area contributed by atoms with E-state index in [1.165, 1.54) is 5.56 Å². The Morgan fingerprint density at radius 2 is 1.88 bits per heavy atom. The molecule has 0 saturated heterocycles. The smallest absolute Gasteiger partial charge is 0.0661 e. The summed E-state index contributed by atoms with van der Waals surface area (Å²) in [5, 5.41) is 2.05. The molecule has 2 heterocycles. The second-order valence-corrected chi connectivity index (χ2v) is 9.08. The maximum Gasteiger partial charge on any atom is 0.0661 e. The van der Waals surface area contributed by atoms with Crippen molar-refractivity contribution in [1.82, 2.24) is 4.40 Å². The molecule has 1 radical (unpaired) electrons. The molecule has 1 aromatic carbocycles. The van der Waals surface area contributed by atoms with Crippen molar-refractivity contribution in [3.05, 3.63) is 62.0 Å². The summed E-state index contributed by atoms with van der Waals surface area (Å²) in [5.74, 6) is 0. The first kappa shape index (κ1) is 18.8. The van der Waals surface area contributed by atoms with Gasteiger partial charge in [0.05, 0.1) is 5.43 Å². The molecule has 0 saturated carbocycles. The minimum atomic E-state index is -0.128. The number of pyridine rings is 2. The topological polar surface area (TPSA) is 21.5 Å². The quantitative estimate of drug-likeness (QED) is 0.271. The summed E-state index contributed by atoms with van der Waals surface area (Å²) in [7, 11) is 0. The number of hydrogen-bond donors (Lipinski definition) is 0. The third-order valence-electron chi connectivity index (χ3n) is 5.28. The maximum atomic E-state index is 12.9. The second kappa shape index (κ2) is 5.77. The molecule has 0 amide bonds. The molecule has 2 aromatic heterocycles. The molecule has 0 fully saturated rings. The van der Waals surface area contributed by atoms with Crippen LogP contribution in [0.1, 0.15) is 50.9 Å². The zero-order valence-corrected chi connectivity index (χ0v) is 19.0. The number of nitrogens with zero attached hydrogens (tertiary/aromatic N) is 1. The Balaban J connectivity index is 0.00000182. The van der Waals surface area contributed by atoms with E-state index >= 15 is 0 Å². The van der Waals surface area contributed by atoms with E-state index in [1.54, 1.807) is 0 Å². The van der Waals surface area contributed by atoms with Gasteiger partial charge in [0, 0.05) is 20.1 Å². The van der Waals surface area contributed by atoms with Crippen LogP contribution in [0.5, 0.6) is 0 Å². The fourth-order valence-electron chi connectivity index (χ4n) is 4.75. The van der Waals surface area contributed by atoms with Crippen LogP contribution in [-0.4, -0.2) is 4.40 Å². The van der Waals surface area contributed by atoms with Gasteiger partial charge in [-0.3, -0.25) is 0 Å². The van der Waals surface area contributed by atoms with E-state index < -0.39 is 0 Å². The van der Waals surface area contributed by atoms with Gasteiger partial charge in [-0.1, -0.05) is 59.2 Å². The van der Waals surface area contributed by atoms with Crippen LogP contribution in [0.3, 0.4) is 0 Å². The van der Waals surface area contributed by atoms with Gasteiger partial charge in [0.15, 0.2) is 0 Å². The van der Waals surface area contributed by atoms with Crippen molar-refractivity contribution >= 4 is 32.2 Å². The summed E-state index contributed by atoms with van der Waals surface area (Å²) < 4.78 is 3.21. The number of benzene rings is 1. The molecule has 4 heteroatoms. The molecule has 4 rings (SSSR count). The number of halogens is 1. The van der Waals surface area contributed by atoms with Crippen molar-refractivity contribution in [1.29, 1.82) is 0 Å². The predicted octanol–water partition coefficient (Wildman–Crippen LogP) is 5.08. The third kappa shape index (κ3) is 2.57. The largest absolute Gasteiger partial charge is 0.395 e. The SMILES string of the molecule is Cc1cn2c3c(c(=O)[c-]c2c2[c-]ccc(Br)c12)C(C)(C)CC3(C)C.[Ir]. The number of fused-ring (bicyclic) bond motifs is 5. The van der Waals surface area contributed by atoms with Gasteiger partial charge >= 0.3 is 0 Å². The summed E-state index contributed by atoms with van der Waals surface area (Å²) in [6.45, 7) is 10.9. The van der Waals surface area contributed by atoms with Crippen molar-refractivity contribution in [3.8, 4) is 0 Å². The molecule has 1 aliphatic carbocycles. The first-order chi connectivity index (χ1) is 11.1. The average molecular weight is 575 g/mol. The molecule has 1 aliphatic rings. The molecule has 133 valence electrons. The minimum Gasteiger partial charge on any atom is -0.395 e. The van der Waals surface area contributed by atoms with Crippen molar-refractivity contribution in [2.75, 3.05) is 0 Å². The Hall–Kier alpha value is -0.961. The molecule has 0 atom stereocenters. The standard InChI is InChI=1S/C21H20BrNO.Ir/c1-12-10-23-15(13-7-6-8-14(22)17(12)13)9-16(24)18-19(23)21(4,5)11-20(18,2)3;/h6,8,10H,11H2,1-5H3;/q-2;. The number of aryl methyl sites for hydroxylation is 1. The van der Waals surface area contributed by atoms with Crippen LogP contribution in [0.15, 0.2) is 27.6 Å². The van der Waals surface area contributed by atoms with E-state index in [-0.39, 0.29) is 36.4 Å². The fourth-order valence-corrected chi connectivity index (χ4v) is 5.40. The molecule has 0 spiro atoms. The monoisotopic (exact) mass is 574 g/mol. The third-order valence-corrected chi connectivity index (χ3v) is 5.94. The van der Waals surface area contributed by atoms with Gasteiger partial charge in [-0.25, -0.2) is 11.5 Å². The molecule has 0 bridgehead atoms. The van der Waals surface area contributed by atoms with E-state index in [1.807, 2.05) is 12.1 Å². The van der Waals surface area contributed by atoms with E-state index in [9.17, 15) is 4.79 Å². The van der Waals surface area contributed by atoms with Crippen molar-refractivity contribution in [2.45, 2.75) is 51.9 Å². The summed E-state index contributed by atoms with van der Waals surface area (Å²) in [6.07, 6.45) is 3.11. The van der Waals surface area contributed by atoms with Crippen LogP contribution in [0.25, 0.3) is 16.3 Å². The maximum absolute atomic E-state index is 12.9. The second-order valence-electron chi connectivity index (χ2n) is 8.23. The fraction of sp³-hybridized carbons (Fsp3) is 0.381. The van der Waals surface area contributed by atoms with Gasteiger partial charge in [-0.15, -0.1) is 17.0 Å². The molecule has 0 unspecified atom stereocenters. The molecule has 25 heavy (non-hydrogen) atoms. The average Bonchev–Trinajstić information content (AvgIpc) is 2.66. The van der Waals surface area contributed by atoms with Crippen LogP contribution in [-0.2, 0) is 30.9 Å². The van der Waals surface area contributed by atoms with E-state index in [0.29, 0.717) is 0 Å². The molecule has 2 nitrogen and oxygen atoms in total. The van der Waals surface area contributed by atoms with Crippen molar-refractivity contribution < 1.29 is 20.1 Å². The van der Waals surface area contributed by atoms with Gasteiger partial charge in [-0.2, -0.15) is 12.1 Å². The summed E-state index contributed by atoms with van der Waals surface area (Å²) >= 11 is 3.63. The minimum absolute atomic E-state index is 0. The predicted molar refractivity (Wildman–Crippen MR) is 102 cm³/mol. The molecule has 0 N–H and O–H groups in total. The Morgan fingerprint density at radius 1 is 1.20 bits per heavy atom. The Kier molecular flexibility index (Phi) is 4.34. The molecular weight excluding hydrogens is 554 g/mol. The van der Waals surface area contributed by atoms with E-state index in [0.717, 1.165) is 38.4 Å². The first-order valence-electron chi connectivity index (χ1n) is 8.25. The van der Waals surface area contributed by atoms with Crippen LogP contribution in [0.2, 0.25) is 0 Å². The molecular formula is C21H20BrIrNO-2. The van der Waals surface area contributed by atoms with Gasteiger partial charge < -0.3 is 9.20 Å². The Labute approximate surface area is 170 Å². The first-order valence-corrected chi connectivity index (χ1v) is 9.05. The summed E-state index contributed by atoms with van der Waals surface area (Å²) in [4.78, 5) is 12.9. The molecule has 3 aromatic rings. The normalized spacial score (nSPS) is 17.5. The van der Waals surface area contributed by atoms with Crippen molar-refractivity contribution in [2.24, 2.45) is 0 Å². The summed E-state index contributed by atoms with van der Waals surface area (Å²) in [6, 6.07) is 10.3. The van der Waals surface area contributed by atoms with E-state index in [2.05, 4.69) is 73.3 Å². The van der Waals surface area contributed by atoms with Crippen LogP contribution in [0, 0.1) is 19.1 Å². The number of rotatable bonds is 0. The van der Waals surface area contributed by atoms with Crippen LogP contribution < -0.4 is 5.43 Å². The Bertz CT molecular complexity index is 1080. The van der Waals surface area contributed by atoms with Gasteiger partial charge in [0.25, 0.3) is 0 Å². The molecule has 0 aliphatic heterocycles. The zero-order chi connectivity index (χ0) is 17.4. The van der Waals surface area contributed by atoms with E-state index in [4.69, 9.17) is 0 Å². The van der Waals surface area contributed by atoms with Crippen LogP contribution >= 0.6 is 15.9 Å². The Morgan fingerprint density at radius 3 is 2.56 bits per heavy atom. The van der Waals surface area contributed by atoms with Gasteiger partial charge in [0.1, 0.15) is 0 Å². The number of hydrogen-bond acceptors (Lipinski definition) is 1. The van der Waals surface area contributed by atoms with Gasteiger partial charge in [0.2, 0.25) is 0 Å².